The standard InChI is InChI=1S/C17H23N5/c1-13(9-11-18)14(2)21(3)17(19)22-12-10-16(20-22)15-7-5-4-6-8-15/h4-8,10-14,18-19H,9H2,1-3H3/t13?,14-/m1/s1. The van der Waals surface area contributed by atoms with Crippen molar-refractivity contribution in [3.05, 3.63) is 42.6 Å². The van der Waals surface area contributed by atoms with Gasteiger partial charge < -0.3 is 10.3 Å². The van der Waals surface area contributed by atoms with Gasteiger partial charge in [0, 0.05) is 24.8 Å². The van der Waals surface area contributed by atoms with E-state index in [0.29, 0.717) is 18.3 Å². The second kappa shape index (κ2) is 7.02. The summed E-state index contributed by atoms with van der Waals surface area (Å²) in [5, 5.41) is 20.1. The summed E-state index contributed by atoms with van der Waals surface area (Å²) in [6.45, 7) is 4.17. The minimum atomic E-state index is 0.165. The lowest BCUT2D eigenvalue weighted by Crippen LogP contribution is -2.42. The van der Waals surface area contributed by atoms with Crippen molar-refractivity contribution in [2.45, 2.75) is 26.3 Å². The molecule has 0 aliphatic rings. The minimum absolute atomic E-state index is 0.165. The summed E-state index contributed by atoms with van der Waals surface area (Å²) in [6.07, 6.45) is 3.96. The van der Waals surface area contributed by atoms with Crippen molar-refractivity contribution in [2.24, 2.45) is 5.92 Å². The molecule has 5 nitrogen and oxygen atoms in total. The maximum Gasteiger partial charge on any atom is 0.218 e. The van der Waals surface area contributed by atoms with Gasteiger partial charge in [0.2, 0.25) is 5.96 Å². The number of hydrogen-bond acceptors (Lipinski definition) is 3. The normalized spacial score (nSPS) is 13.4. The molecule has 0 fully saturated rings. The van der Waals surface area contributed by atoms with Gasteiger partial charge in [0.15, 0.2) is 0 Å². The fourth-order valence-electron chi connectivity index (χ4n) is 2.32. The molecule has 0 radical (unpaired) electrons. The van der Waals surface area contributed by atoms with Crippen LogP contribution in [0.5, 0.6) is 0 Å². The van der Waals surface area contributed by atoms with Crippen molar-refractivity contribution < 1.29 is 0 Å². The molecule has 22 heavy (non-hydrogen) atoms. The molecule has 2 rings (SSSR count). The molecule has 1 heterocycles. The van der Waals surface area contributed by atoms with E-state index in [4.69, 9.17) is 10.8 Å². The van der Waals surface area contributed by atoms with E-state index in [9.17, 15) is 0 Å². The summed E-state index contributed by atoms with van der Waals surface area (Å²) >= 11 is 0. The molecule has 0 aliphatic heterocycles. The molecule has 5 heteroatoms. The smallest absolute Gasteiger partial charge is 0.218 e. The van der Waals surface area contributed by atoms with Crippen LogP contribution in [0.3, 0.4) is 0 Å². The van der Waals surface area contributed by atoms with E-state index >= 15 is 0 Å². The molecule has 2 atom stereocenters. The van der Waals surface area contributed by atoms with E-state index < -0.39 is 0 Å². The Labute approximate surface area is 131 Å². The number of hydrogen-bond donors (Lipinski definition) is 2. The van der Waals surface area contributed by atoms with E-state index in [0.717, 1.165) is 11.3 Å². The van der Waals surface area contributed by atoms with Gasteiger partial charge in [-0.25, -0.2) is 4.68 Å². The number of nitrogens with one attached hydrogen (secondary N) is 2. The van der Waals surface area contributed by atoms with Crippen LogP contribution in [0.25, 0.3) is 11.3 Å². The fourth-order valence-corrected chi connectivity index (χ4v) is 2.32. The van der Waals surface area contributed by atoms with E-state index in [-0.39, 0.29) is 6.04 Å². The third kappa shape index (κ3) is 3.42. The molecule has 2 N–H and O–H groups in total. The van der Waals surface area contributed by atoms with Crippen molar-refractivity contribution in [3.63, 3.8) is 0 Å². The van der Waals surface area contributed by atoms with Crippen LogP contribution < -0.4 is 0 Å². The Morgan fingerprint density at radius 2 is 1.95 bits per heavy atom. The molecule has 116 valence electrons. The van der Waals surface area contributed by atoms with Crippen molar-refractivity contribution in [1.82, 2.24) is 14.7 Å². The average Bonchev–Trinajstić information content (AvgIpc) is 3.03. The zero-order valence-electron chi connectivity index (χ0n) is 13.3. The summed E-state index contributed by atoms with van der Waals surface area (Å²) in [6, 6.07) is 12.0. The Bertz CT molecular complexity index is 632. The van der Waals surface area contributed by atoms with Gasteiger partial charge in [0.1, 0.15) is 0 Å². The third-order valence-corrected chi connectivity index (χ3v) is 4.13. The highest BCUT2D eigenvalue weighted by Gasteiger charge is 2.20. The maximum atomic E-state index is 8.34. The topological polar surface area (TPSA) is 68.8 Å². The number of benzene rings is 1. The van der Waals surface area contributed by atoms with Gasteiger partial charge in [-0.3, -0.25) is 5.41 Å². The highest BCUT2D eigenvalue weighted by molar-refractivity contribution is 5.79. The summed E-state index contributed by atoms with van der Waals surface area (Å²) in [5.41, 5.74) is 1.90. The van der Waals surface area contributed by atoms with Gasteiger partial charge >= 0.3 is 0 Å². The number of aromatic nitrogens is 2. The zero-order chi connectivity index (χ0) is 16.1. The van der Waals surface area contributed by atoms with E-state index in [1.54, 1.807) is 4.68 Å². The maximum absolute atomic E-state index is 8.34. The third-order valence-electron chi connectivity index (χ3n) is 4.13. The lowest BCUT2D eigenvalue weighted by molar-refractivity contribution is 0.289. The van der Waals surface area contributed by atoms with E-state index in [1.165, 1.54) is 6.21 Å². The van der Waals surface area contributed by atoms with Crippen LogP contribution >= 0.6 is 0 Å². The number of nitrogens with zero attached hydrogens (tertiary/aromatic N) is 3. The van der Waals surface area contributed by atoms with Gasteiger partial charge in [-0.15, -0.1) is 0 Å². The van der Waals surface area contributed by atoms with Gasteiger partial charge in [0.25, 0.3) is 0 Å². The summed E-state index contributed by atoms with van der Waals surface area (Å²) in [7, 11) is 1.90. The average molecular weight is 297 g/mol. The molecule has 1 unspecified atom stereocenters. The second-order valence-electron chi connectivity index (χ2n) is 5.60. The van der Waals surface area contributed by atoms with Crippen molar-refractivity contribution >= 4 is 12.2 Å². The monoisotopic (exact) mass is 297 g/mol. The molecule has 0 amide bonds. The predicted molar refractivity (Wildman–Crippen MR) is 90.6 cm³/mol. The molecule has 0 aliphatic carbocycles. The molecule has 2 aromatic rings. The first kappa shape index (κ1) is 15.9. The van der Waals surface area contributed by atoms with Crippen molar-refractivity contribution in [1.29, 1.82) is 10.8 Å². The SMILES string of the molecule is CC(CC=N)[C@@H](C)N(C)C(=N)n1ccc(-c2ccccc2)n1. The van der Waals surface area contributed by atoms with Crippen LogP contribution in [0, 0.1) is 16.7 Å². The highest BCUT2D eigenvalue weighted by Crippen LogP contribution is 2.17. The van der Waals surface area contributed by atoms with Gasteiger partial charge in [-0.1, -0.05) is 37.3 Å². The molecule has 1 aromatic heterocycles. The summed E-state index contributed by atoms with van der Waals surface area (Å²) in [5.74, 6) is 0.651. The predicted octanol–water partition coefficient (Wildman–Crippen LogP) is 3.33. The fraction of sp³-hybridized carbons (Fsp3) is 0.353. The minimum Gasteiger partial charge on any atom is -0.341 e. The van der Waals surface area contributed by atoms with E-state index in [1.807, 2.05) is 54.5 Å². The Balaban J connectivity index is 2.13. The lowest BCUT2D eigenvalue weighted by Gasteiger charge is -2.30. The van der Waals surface area contributed by atoms with Crippen LogP contribution in [0.2, 0.25) is 0 Å². The van der Waals surface area contributed by atoms with Crippen LogP contribution in [-0.2, 0) is 0 Å². The molecular weight excluding hydrogens is 274 g/mol. The molecule has 1 aromatic carbocycles. The zero-order valence-corrected chi connectivity index (χ0v) is 13.3. The lowest BCUT2D eigenvalue weighted by atomic mass is 9.99. The molecular formula is C17H23N5. The first-order valence-corrected chi connectivity index (χ1v) is 7.46. The Morgan fingerprint density at radius 1 is 1.27 bits per heavy atom. The second-order valence-corrected chi connectivity index (χ2v) is 5.60. The van der Waals surface area contributed by atoms with Gasteiger partial charge in [0.05, 0.1) is 5.69 Å². The molecule has 0 saturated carbocycles. The first-order chi connectivity index (χ1) is 10.5. The quantitative estimate of drug-likeness (QED) is 0.656. The highest BCUT2D eigenvalue weighted by atomic mass is 15.4. The van der Waals surface area contributed by atoms with Crippen molar-refractivity contribution in [2.75, 3.05) is 7.05 Å². The van der Waals surface area contributed by atoms with Gasteiger partial charge in [-0.05, 0) is 31.5 Å². The summed E-state index contributed by atoms with van der Waals surface area (Å²) < 4.78 is 1.59. The Kier molecular flexibility index (Phi) is 5.09. The number of rotatable bonds is 5. The summed E-state index contributed by atoms with van der Waals surface area (Å²) in [4.78, 5) is 1.90. The molecule has 0 saturated heterocycles. The van der Waals surface area contributed by atoms with Gasteiger partial charge in [-0.2, -0.15) is 5.10 Å². The Morgan fingerprint density at radius 3 is 2.59 bits per heavy atom. The first-order valence-electron chi connectivity index (χ1n) is 7.46. The van der Waals surface area contributed by atoms with Crippen LogP contribution in [-0.4, -0.2) is 39.9 Å². The molecule has 0 spiro atoms. The largest absolute Gasteiger partial charge is 0.341 e. The van der Waals surface area contributed by atoms with Crippen LogP contribution in [0.4, 0.5) is 0 Å². The van der Waals surface area contributed by atoms with E-state index in [2.05, 4.69) is 18.9 Å². The van der Waals surface area contributed by atoms with Crippen molar-refractivity contribution in [3.8, 4) is 11.3 Å². The Hall–Kier alpha value is -2.43. The molecule has 0 bridgehead atoms. The van der Waals surface area contributed by atoms with Crippen LogP contribution in [0.1, 0.15) is 20.3 Å². The van der Waals surface area contributed by atoms with Crippen LogP contribution in [0.15, 0.2) is 42.6 Å².